The Hall–Kier alpha value is -0.240. The molecule has 1 saturated carbocycles. The number of likely N-dealkylation sites (tertiary alicyclic amines) is 1. The molecule has 3 aliphatic heterocycles. The summed E-state index contributed by atoms with van der Waals surface area (Å²) in [5, 5.41) is 7.46. The van der Waals surface area contributed by atoms with E-state index in [0.29, 0.717) is 18.1 Å². The largest absolute Gasteiger partial charge is 0.301 e. The minimum atomic E-state index is 0.151. The highest BCUT2D eigenvalue weighted by Gasteiger charge is 2.41. The smallest absolute Gasteiger partial charge is 0.146 e. The van der Waals surface area contributed by atoms with Gasteiger partial charge in [0.25, 0.3) is 0 Å². The van der Waals surface area contributed by atoms with Crippen LogP contribution in [0.4, 0.5) is 0 Å². The van der Waals surface area contributed by atoms with Crippen molar-refractivity contribution in [2.75, 3.05) is 33.7 Å². The molecule has 4 aliphatic rings. The Kier molecular flexibility index (Phi) is 6.49. The molecule has 3 saturated heterocycles. The molecule has 0 radical (unpaired) electrons. The van der Waals surface area contributed by atoms with Gasteiger partial charge in [-0.25, -0.2) is 0 Å². The van der Waals surface area contributed by atoms with Crippen LogP contribution in [0.3, 0.4) is 0 Å². The summed E-state index contributed by atoms with van der Waals surface area (Å²) in [5.74, 6) is 1.52. The Labute approximate surface area is 159 Å². The third-order valence-corrected chi connectivity index (χ3v) is 7.17. The van der Waals surface area contributed by atoms with Crippen molar-refractivity contribution in [3.63, 3.8) is 0 Å². The number of piperidine rings is 1. The van der Waals surface area contributed by atoms with Gasteiger partial charge in [0.2, 0.25) is 0 Å². The monoisotopic (exact) mass is 365 g/mol. The molecule has 4 unspecified atom stereocenters. The second-order valence-corrected chi connectivity index (χ2v) is 9.23. The maximum atomic E-state index is 6.06. The molecule has 0 spiro atoms. The lowest BCUT2D eigenvalue weighted by Gasteiger charge is -2.36. The Morgan fingerprint density at radius 3 is 2.58 bits per heavy atom. The number of nitrogens with zero attached hydrogens (tertiary/aromatic N) is 2. The minimum Gasteiger partial charge on any atom is -0.301 e. The van der Waals surface area contributed by atoms with Gasteiger partial charge in [-0.15, -0.1) is 0 Å². The molecule has 1 aliphatic carbocycles. The van der Waals surface area contributed by atoms with Gasteiger partial charge in [0.1, 0.15) is 6.23 Å². The minimum absolute atomic E-state index is 0.151. The van der Waals surface area contributed by atoms with Gasteiger partial charge in [0, 0.05) is 19.0 Å². The van der Waals surface area contributed by atoms with E-state index in [4.69, 9.17) is 4.84 Å². The molecular weight excluding hydrogens is 326 g/mol. The van der Waals surface area contributed by atoms with Crippen LogP contribution in [0.2, 0.25) is 0 Å². The predicted molar refractivity (Wildman–Crippen MR) is 104 cm³/mol. The molecule has 6 heteroatoms. The van der Waals surface area contributed by atoms with Gasteiger partial charge in [-0.05, 0) is 65.1 Å². The van der Waals surface area contributed by atoms with Gasteiger partial charge in [0.05, 0.1) is 18.4 Å². The first kappa shape index (κ1) is 19.1. The van der Waals surface area contributed by atoms with Crippen LogP contribution in [0.5, 0.6) is 0 Å². The molecule has 150 valence electrons. The summed E-state index contributed by atoms with van der Waals surface area (Å²) in [4.78, 5) is 11.1. The van der Waals surface area contributed by atoms with Crippen LogP contribution in [0.25, 0.3) is 0 Å². The van der Waals surface area contributed by atoms with Gasteiger partial charge in [0.15, 0.2) is 0 Å². The maximum absolute atomic E-state index is 6.06. The normalized spacial score (nSPS) is 40.5. The van der Waals surface area contributed by atoms with Gasteiger partial charge in [-0.3, -0.25) is 20.0 Å². The molecule has 0 bridgehead atoms. The Morgan fingerprint density at radius 2 is 1.85 bits per heavy atom. The molecular formula is C20H39N5O. The summed E-state index contributed by atoms with van der Waals surface area (Å²) >= 11 is 0. The first-order valence-electron chi connectivity index (χ1n) is 11.0. The van der Waals surface area contributed by atoms with Crippen LogP contribution in [-0.4, -0.2) is 68.1 Å². The molecule has 26 heavy (non-hydrogen) atoms. The van der Waals surface area contributed by atoms with Crippen LogP contribution in [0.15, 0.2) is 0 Å². The fraction of sp³-hybridized carbons (Fsp3) is 1.00. The van der Waals surface area contributed by atoms with E-state index in [9.17, 15) is 0 Å². The standard InChI is InChI=1S/C20H39N5O/c1-24(2)18-11-10-16(13-21-18)19-22-20(26-23-19)17-9-6-12-25(17)14-15-7-4-3-5-8-15/h15-23H,3-14H2,1-2H3/t16?,17-,18?,19?,20?/m1/s1. The van der Waals surface area contributed by atoms with Crippen molar-refractivity contribution >= 4 is 0 Å². The van der Waals surface area contributed by atoms with Crippen LogP contribution in [-0.2, 0) is 4.84 Å². The van der Waals surface area contributed by atoms with Crippen molar-refractivity contribution in [3.8, 4) is 0 Å². The zero-order chi connectivity index (χ0) is 17.9. The SMILES string of the molecule is CN(C)C1CCC(C2NOC([C@H]3CCCN3CC3CCCCC3)N2)CN1. The maximum Gasteiger partial charge on any atom is 0.146 e. The van der Waals surface area contributed by atoms with E-state index >= 15 is 0 Å². The predicted octanol–water partition coefficient (Wildman–Crippen LogP) is 1.70. The molecule has 4 rings (SSSR count). The number of rotatable bonds is 5. The summed E-state index contributed by atoms with van der Waals surface area (Å²) in [6.07, 6.45) is 13.2. The first-order valence-corrected chi connectivity index (χ1v) is 11.0. The number of hydrogen-bond acceptors (Lipinski definition) is 6. The number of nitrogens with one attached hydrogen (secondary N) is 3. The molecule has 0 aromatic rings. The molecule has 0 aromatic carbocycles. The van der Waals surface area contributed by atoms with E-state index in [2.05, 4.69) is 40.0 Å². The topological polar surface area (TPSA) is 51.8 Å². The fourth-order valence-corrected chi connectivity index (χ4v) is 5.53. The van der Waals surface area contributed by atoms with Crippen LogP contribution in [0, 0.1) is 11.8 Å². The average Bonchev–Trinajstić information content (AvgIpc) is 3.32. The molecule has 6 nitrogen and oxygen atoms in total. The summed E-state index contributed by atoms with van der Waals surface area (Å²) in [7, 11) is 4.31. The molecule has 0 aromatic heterocycles. The van der Waals surface area contributed by atoms with Gasteiger partial charge < -0.3 is 5.32 Å². The lowest BCUT2D eigenvalue weighted by Crippen LogP contribution is -2.54. The van der Waals surface area contributed by atoms with Crippen molar-refractivity contribution in [1.82, 2.24) is 25.9 Å². The highest BCUT2D eigenvalue weighted by molar-refractivity contribution is 4.92. The zero-order valence-corrected chi connectivity index (χ0v) is 16.8. The van der Waals surface area contributed by atoms with Crippen molar-refractivity contribution < 1.29 is 4.84 Å². The molecule has 3 heterocycles. The average molecular weight is 366 g/mol. The number of hydrogen-bond donors (Lipinski definition) is 3. The lowest BCUT2D eigenvalue weighted by molar-refractivity contribution is -0.0272. The summed E-state index contributed by atoms with van der Waals surface area (Å²) in [6, 6.07) is 0.542. The van der Waals surface area contributed by atoms with Crippen molar-refractivity contribution in [2.24, 2.45) is 11.8 Å². The second kappa shape index (κ2) is 8.84. The number of hydroxylamine groups is 1. The van der Waals surface area contributed by atoms with E-state index in [-0.39, 0.29) is 12.4 Å². The van der Waals surface area contributed by atoms with Crippen LogP contribution >= 0.6 is 0 Å². The fourth-order valence-electron chi connectivity index (χ4n) is 5.53. The van der Waals surface area contributed by atoms with Crippen molar-refractivity contribution in [3.05, 3.63) is 0 Å². The Morgan fingerprint density at radius 1 is 1.00 bits per heavy atom. The molecule has 4 fully saturated rings. The van der Waals surface area contributed by atoms with E-state index in [0.717, 1.165) is 12.5 Å². The van der Waals surface area contributed by atoms with Crippen molar-refractivity contribution in [2.45, 2.75) is 82.4 Å². The van der Waals surface area contributed by atoms with Gasteiger partial charge >= 0.3 is 0 Å². The van der Waals surface area contributed by atoms with E-state index < -0.39 is 0 Å². The first-order chi connectivity index (χ1) is 12.7. The van der Waals surface area contributed by atoms with E-state index in [1.54, 1.807) is 0 Å². The third-order valence-electron chi connectivity index (χ3n) is 7.17. The van der Waals surface area contributed by atoms with Crippen LogP contribution in [0.1, 0.15) is 57.8 Å². The Balaban J connectivity index is 1.26. The van der Waals surface area contributed by atoms with Gasteiger partial charge in [-0.1, -0.05) is 19.3 Å². The second-order valence-electron chi connectivity index (χ2n) is 9.23. The molecule has 5 atom stereocenters. The van der Waals surface area contributed by atoms with Crippen molar-refractivity contribution in [1.29, 1.82) is 0 Å². The quantitative estimate of drug-likeness (QED) is 0.689. The Bertz CT molecular complexity index is 434. The zero-order valence-electron chi connectivity index (χ0n) is 16.8. The molecule has 0 amide bonds. The van der Waals surface area contributed by atoms with Gasteiger partial charge in [-0.2, -0.15) is 5.48 Å². The summed E-state index contributed by atoms with van der Waals surface area (Å²) in [5.41, 5.74) is 3.33. The van der Waals surface area contributed by atoms with E-state index in [1.165, 1.54) is 70.9 Å². The highest BCUT2D eigenvalue weighted by Crippen LogP contribution is 2.30. The molecule has 3 N–H and O–H groups in total. The highest BCUT2D eigenvalue weighted by atomic mass is 16.7. The van der Waals surface area contributed by atoms with Crippen LogP contribution < -0.4 is 16.1 Å². The van der Waals surface area contributed by atoms with E-state index in [1.807, 2.05) is 0 Å². The third kappa shape index (κ3) is 4.42. The summed E-state index contributed by atoms with van der Waals surface area (Å²) in [6.45, 7) is 3.59. The lowest BCUT2D eigenvalue weighted by atomic mass is 9.89. The summed E-state index contributed by atoms with van der Waals surface area (Å²) < 4.78 is 0.